The standard InChI is InChI=1S/C21H32N2O3S/c1-3-13-23-19(14-22-27(2,25)26)21(20(23)15-24)18-11-9-17(10-12-18)16-7-5-4-6-8-16/h7,9-12,19-22,24H,3-6,8,13-15H2,1-2H3/t19-,20-,21-/m1/s1. The molecule has 150 valence electrons. The number of aliphatic hydroxyl groups is 1. The summed E-state index contributed by atoms with van der Waals surface area (Å²) >= 11 is 0. The number of nitrogens with zero attached hydrogens (tertiary/aromatic N) is 1. The Kier molecular flexibility index (Phi) is 6.74. The molecule has 3 rings (SSSR count). The number of nitrogens with one attached hydrogen (secondary N) is 1. The van der Waals surface area contributed by atoms with Gasteiger partial charge in [0, 0.05) is 24.5 Å². The number of hydrogen-bond acceptors (Lipinski definition) is 4. The number of hydrogen-bond donors (Lipinski definition) is 2. The van der Waals surface area contributed by atoms with Gasteiger partial charge in [0.1, 0.15) is 0 Å². The fourth-order valence-electron chi connectivity index (χ4n) is 4.57. The Bertz CT molecular complexity index is 758. The van der Waals surface area contributed by atoms with Gasteiger partial charge in [-0.25, -0.2) is 13.1 Å². The second-order valence-corrected chi connectivity index (χ2v) is 9.63. The van der Waals surface area contributed by atoms with Crippen molar-refractivity contribution in [2.24, 2.45) is 0 Å². The molecular formula is C21H32N2O3S. The van der Waals surface area contributed by atoms with Gasteiger partial charge >= 0.3 is 0 Å². The maximum Gasteiger partial charge on any atom is 0.208 e. The lowest BCUT2D eigenvalue weighted by atomic mass is 9.74. The van der Waals surface area contributed by atoms with Crippen molar-refractivity contribution >= 4 is 15.6 Å². The zero-order valence-electron chi connectivity index (χ0n) is 16.4. The lowest BCUT2D eigenvalue weighted by Gasteiger charge is -2.55. The van der Waals surface area contributed by atoms with E-state index in [-0.39, 0.29) is 24.6 Å². The molecule has 1 aliphatic carbocycles. The van der Waals surface area contributed by atoms with Crippen LogP contribution in [0.4, 0.5) is 0 Å². The highest BCUT2D eigenvalue weighted by molar-refractivity contribution is 7.88. The first-order valence-corrected chi connectivity index (χ1v) is 11.9. The zero-order chi connectivity index (χ0) is 19.4. The molecule has 1 aromatic carbocycles. The van der Waals surface area contributed by atoms with Gasteiger partial charge in [-0.1, -0.05) is 37.3 Å². The molecule has 5 nitrogen and oxygen atoms in total. The monoisotopic (exact) mass is 392 g/mol. The topological polar surface area (TPSA) is 69.6 Å². The summed E-state index contributed by atoms with van der Waals surface area (Å²) < 4.78 is 25.8. The fourth-order valence-corrected chi connectivity index (χ4v) is 5.04. The van der Waals surface area contributed by atoms with E-state index in [0.29, 0.717) is 6.54 Å². The van der Waals surface area contributed by atoms with Gasteiger partial charge in [-0.05, 0) is 55.3 Å². The summed E-state index contributed by atoms with van der Waals surface area (Å²) in [6.07, 6.45) is 9.37. The van der Waals surface area contributed by atoms with E-state index in [1.54, 1.807) is 0 Å². The summed E-state index contributed by atoms with van der Waals surface area (Å²) in [5.74, 6) is 0.144. The lowest BCUT2D eigenvalue weighted by molar-refractivity contribution is -0.0399. The van der Waals surface area contributed by atoms with E-state index >= 15 is 0 Å². The van der Waals surface area contributed by atoms with Crippen molar-refractivity contribution in [3.05, 3.63) is 41.5 Å². The number of aliphatic hydroxyl groups excluding tert-OH is 1. The van der Waals surface area contributed by atoms with Crippen LogP contribution in [0.3, 0.4) is 0 Å². The molecule has 1 fully saturated rings. The molecule has 0 spiro atoms. The molecule has 0 amide bonds. The molecule has 6 heteroatoms. The summed E-state index contributed by atoms with van der Waals surface area (Å²) in [6.45, 7) is 3.44. The predicted molar refractivity (Wildman–Crippen MR) is 110 cm³/mol. The van der Waals surface area contributed by atoms with Gasteiger partial charge in [-0.2, -0.15) is 0 Å². The Morgan fingerprint density at radius 3 is 2.48 bits per heavy atom. The SMILES string of the molecule is CCCN1[C@H](CO)[C@H](c2ccc(C3=CCCCC3)cc2)[C@H]1CNS(C)(=O)=O. The molecule has 2 N–H and O–H groups in total. The van der Waals surface area contributed by atoms with Crippen LogP contribution in [0.5, 0.6) is 0 Å². The van der Waals surface area contributed by atoms with Gasteiger partial charge in [-0.15, -0.1) is 0 Å². The molecular weight excluding hydrogens is 360 g/mol. The van der Waals surface area contributed by atoms with Gasteiger partial charge in [0.2, 0.25) is 10.0 Å². The van der Waals surface area contributed by atoms with E-state index in [2.05, 4.69) is 46.9 Å². The first-order chi connectivity index (χ1) is 12.9. The van der Waals surface area contributed by atoms with Crippen LogP contribution < -0.4 is 4.72 Å². The van der Waals surface area contributed by atoms with Crippen LogP contribution in [0.1, 0.15) is 56.1 Å². The van der Waals surface area contributed by atoms with Crippen molar-refractivity contribution in [2.45, 2.75) is 57.0 Å². The van der Waals surface area contributed by atoms with Crippen LogP contribution in [0.15, 0.2) is 30.3 Å². The summed E-state index contributed by atoms with van der Waals surface area (Å²) in [5.41, 5.74) is 3.90. The van der Waals surface area contributed by atoms with E-state index in [0.717, 1.165) is 25.8 Å². The van der Waals surface area contributed by atoms with E-state index < -0.39 is 10.0 Å². The average Bonchev–Trinajstić information content (AvgIpc) is 2.65. The summed E-state index contributed by atoms with van der Waals surface area (Å²) in [5, 5.41) is 9.93. The summed E-state index contributed by atoms with van der Waals surface area (Å²) in [7, 11) is -3.23. The van der Waals surface area contributed by atoms with E-state index in [4.69, 9.17) is 0 Å². The van der Waals surface area contributed by atoms with Gasteiger partial charge in [0.15, 0.2) is 0 Å². The molecule has 0 unspecified atom stereocenters. The average molecular weight is 393 g/mol. The Morgan fingerprint density at radius 2 is 1.93 bits per heavy atom. The first kappa shape index (κ1) is 20.5. The van der Waals surface area contributed by atoms with Crippen molar-refractivity contribution in [2.75, 3.05) is 26.0 Å². The first-order valence-electron chi connectivity index (χ1n) is 10.0. The third kappa shape index (κ3) is 4.80. The maximum absolute atomic E-state index is 11.6. The Hall–Kier alpha value is -1.21. The van der Waals surface area contributed by atoms with Gasteiger partial charge in [0.25, 0.3) is 0 Å². The second kappa shape index (κ2) is 8.86. The Morgan fingerprint density at radius 1 is 1.19 bits per heavy atom. The van der Waals surface area contributed by atoms with Crippen molar-refractivity contribution in [1.82, 2.24) is 9.62 Å². The number of sulfonamides is 1. The number of likely N-dealkylation sites (tertiary alicyclic amines) is 1. The normalized spacial score (nSPS) is 26.5. The van der Waals surface area contributed by atoms with E-state index in [1.165, 1.54) is 35.8 Å². The maximum atomic E-state index is 11.6. The van der Waals surface area contributed by atoms with Crippen LogP contribution in [-0.4, -0.2) is 56.5 Å². The van der Waals surface area contributed by atoms with E-state index in [9.17, 15) is 13.5 Å². The highest BCUT2D eigenvalue weighted by Crippen LogP contribution is 2.41. The minimum atomic E-state index is -3.23. The third-order valence-corrected chi connectivity index (χ3v) is 6.55. The molecule has 0 bridgehead atoms. The van der Waals surface area contributed by atoms with Crippen molar-refractivity contribution in [3.63, 3.8) is 0 Å². The molecule has 3 atom stereocenters. The fraction of sp³-hybridized carbons (Fsp3) is 0.619. The number of allylic oxidation sites excluding steroid dienone is 2. The Labute approximate surface area is 163 Å². The molecule has 0 radical (unpaired) electrons. The predicted octanol–water partition coefficient (Wildman–Crippen LogP) is 2.73. The zero-order valence-corrected chi connectivity index (χ0v) is 17.2. The second-order valence-electron chi connectivity index (χ2n) is 7.80. The summed E-state index contributed by atoms with van der Waals surface area (Å²) in [4.78, 5) is 2.24. The highest BCUT2D eigenvalue weighted by Gasteiger charge is 2.47. The minimum absolute atomic E-state index is 0.0519. The van der Waals surface area contributed by atoms with Crippen LogP contribution in [-0.2, 0) is 10.0 Å². The quantitative estimate of drug-likeness (QED) is 0.714. The molecule has 0 aromatic heterocycles. The van der Waals surface area contributed by atoms with Crippen molar-refractivity contribution in [1.29, 1.82) is 0 Å². The van der Waals surface area contributed by atoms with Crippen molar-refractivity contribution in [3.8, 4) is 0 Å². The molecule has 1 saturated heterocycles. The number of benzene rings is 1. The van der Waals surface area contributed by atoms with Crippen LogP contribution in [0, 0.1) is 0 Å². The Balaban J connectivity index is 1.79. The molecule has 1 heterocycles. The van der Waals surface area contributed by atoms with Gasteiger partial charge in [0.05, 0.1) is 12.9 Å². The number of rotatable bonds is 8. The minimum Gasteiger partial charge on any atom is -0.395 e. The molecule has 1 aromatic rings. The van der Waals surface area contributed by atoms with Crippen molar-refractivity contribution < 1.29 is 13.5 Å². The molecule has 2 aliphatic rings. The smallest absolute Gasteiger partial charge is 0.208 e. The largest absolute Gasteiger partial charge is 0.395 e. The summed E-state index contributed by atoms with van der Waals surface area (Å²) in [6, 6.07) is 8.83. The van der Waals surface area contributed by atoms with E-state index in [1.807, 2.05) is 0 Å². The molecule has 1 aliphatic heterocycles. The van der Waals surface area contributed by atoms with Gasteiger partial charge < -0.3 is 5.11 Å². The van der Waals surface area contributed by atoms with Crippen LogP contribution in [0.25, 0.3) is 5.57 Å². The van der Waals surface area contributed by atoms with Crippen LogP contribution >= 0.6 is 0 Å². The lowest BCUT2D eigenvalue weighted by Crippen LogP contribution is -2.66. The third-order valence-electron chi connectivity index (χ3n) is 5.86. The molecule has 0 saturated carbocycles. The van der Waals surface area contributed by atoms with Gasteiger partial charge in [-0.3, -0.25) is 4.90 Å². The van der Waals surface area contributed by atoms with Crippen LogP contribution in [0.2, 0.25) is 0 Å². The molecule has 27 heavy (non-hydrogen) atoms. The highest BCUT2D eigenvalue weighted by atomic mass is 32.2.